The summed E-state index contributed by atoms with van der Waals surface area (Å²) >= 11 is 1.74. The minimum Gasteiger partial charge on any atom is -0.365 e. The second kappa shape index (κ2) is 6.17. The third-order valence-electron chi connectivity index (χ3n) is 4.41. The van der Waals surface area contributed by atoms with E-state index in [4.69, 9.17) is 4.98 Å². The summed E-state index contributed by atoms with van der Waals surface area (Å²) in [5.74, 6) is 0. The number of hydrogen-bond acceptors (Lipinski definition) is 3. The van der Waals surface area contributed by atoms with E-state index < -0.39 is 0 Å². The molecular formula is C20H20N2S. The van der Waals surface area contributed by atoms with E-state index in [1.165, 1.54) is 40.9 Å². The number of nitrogens with zero attached hydrogens (tertiary/aromatic N) is 2. The van der Waals surface area contributed by atoms with Crippen molar-refractivity contribution in [3.8, 4) is 10.6 Å². The molecule has 4 rings (SSSR count). The van der Waals surface area contributed by atoms with Crippen LogP contribution in [0.1, 0.15) is 23.2 Å². The zero-order valence-electron chi connectivity index (χ0n) is 13.3. The molecule has 0 saturated carbocycles. The van der Waals surface area contributed by atoms with Crippen molar-refractivity contribution < 1.29 is 0 Å². The van der Waals surface area contributed by atoms with E-state index in [1.54, 1.807) is 11.3 Å². The van der Waals surface area contributed by atoms with Crippen LogP contribution >= 0.6 is 11.3 Å². The summed E-state index contributed by atoms with van der Waals surface area (Å²) in [7, 11) is 0. The van der Waals surface area contributed by atoms with Crippen LogP contribution in [0.15, 0.2) is 53.9 Å². The normalized spacial score (nSPS) is 13.9. The van der Waals surface area contributed by atoms with Gasteiger partial charge in [-0.3, -0.25) is 0 Å². The van der Waals surface area contributed by atoms with E-state index in [-0.39, 0.29) is 0 Å². The zero-order chi connectivity index (χ0) is 15.6. The van der Waals surface area contributed by atoms with Crippen LogP contribution in [-0.4, -0.2) is 11.5 Å². The summed E-state index contributed by atoms with van der Waals surface area (Å²) in [4.78, 5) is 7.32. The van der Waals surface area contributed by atoms with Gasteiger partial charge in [0.2, 0.25) is 0 Å². The molecule has 2 heterocycles. The molecule has 0 aliphatic carbocycles. The van der Waals surface area contributed by atoms with E-state index in [9.17, 15) is 0 Å². The first-order valence-electron chi connectivity index (χ1n) is 8.14. The zero-order valence-corrected chi connectivity index (χ0v) is 14.1. The summed E-state index contributed by atoms with van der Waals surface area (Å²) in [6.07, 6.45) is 2.42. The van der Waals surface area contributed by atoms with Gasteiger partial charge in [-0.05, 0) is 31.4 Å². The Balaban J connectivity index is 1.56. The van der Waals surface area contributed by atoms with E-state index in [0.717, 1.165) is 18.1 Å². The number of aromatic nitrogens is 1. The quantitative estimate of drug-likeness (QED) is 0.669. The molecule has 23 heavy (non-hydrogen) atoms. The molecular weight excluding hydrogens is 300 g/mol. The Kier molecular flexibility index (Phi) is 3.88. The number of anilines is 1. The highest BCUT2D eigenvalue weighted by Gasteiger charge is 2.17. The first kappa shape index (κ1) is 14.5. The highest BCUT2D eigenvalue weighted by atomic mass is 32.1. The van der Waals surface area contributed by atoms with Crippen molar-refractivity contribution in [2.24, 2.45) is 0 Å². The predicted octanol–water partition coefficient (Wildman–Crippen LogP) is 5.07. The molecule has 116 valence electrons. The van der Waals surface area contributed by atoms with Gasteiger partial charge in [-0.25, -0.2) is 4.98 Å². The Labute approximate surface area is 141 Å². The minimum absolute atomic E-state index is 0.902. The number of hydrogen-bond donors (Lipinski definition) is 0. The molecule has 3 aromatic rings. The second-order valence-corrected chi connectivity index (χ2v) is 7.02. The van der Waals surface area contributed by atoms with Gasteiger partial charge in [0.15, 0.2) is 0 Å². The Hall–Kier alpha value is -2.13. The van der Waals surface area contributed by atoms with Crippen LogP contribution in [0.4, 0.5) is 5.69 Å². The largest absolute Gasteiger partial charge is 0.365 e. The molecule has 1 aliphatic heterocycles. The first-order chi connectivity index (χ1) is 11.3. The highest BCUT2D eigenvalue weighted by Crippen LogP contribution is 2.29. The van der Waals surface area contributed by atoms with E-state index in [0.29, 0.717) is 0 Å². The van der Waals surface area contributed by atoms with Crippen molar-refractivity contribution in [2.45, 2.75) is 26.3 Å². The van der Waals surface area contributed by atoms with Crippen LogP contribution in [0.5, 0.6) is 0 Å². The second-order valence-electron chi connectivity index (χ2n) is 6.16. The van der Waals surface area contributed by atoms with Crippen molar-refractivity contribution in [2.75, 3.05) is 11.4 Å². The topological polar surface area (TPSA) is 16.1 Å². The van der Waals surface area contributed by atoms with Crippen LogP contribution < -0.4 is 4.90 Å². The fourth-order valence-electron chi connectivity index (χ4n) is 3.18. The molecule has 1 aromatic heterocycles. The van der Waals surface area contributed by atoms with Gasteiger partial charge in [0.1, 0.15) is 5.01 Å². The third-order valence-corrected chi connectivity index (χ3v) is 5.35. The maximum Gasteiger partial charge on any atom is 0.123 e. The van der Waals surface area contributed by atoms with Crippen LogP contribution in [-0.2, 0) is 13.0 Å². The smallest absolute Gasteiger partial charge is 0.123 e. The Morgan fingerprint density at radius 2 is 1.91 bits per heavy atom. The van der Waals surface area contributed by atoms with Crippen LogP contribution in [0.25, 0.3) is 10.6 Å². The van der Waals surface area contributed by atoms with Gasteiger partial charge in [0.05, 0.1) is 12.2 Å². The number of para-hydroxylation sites is 1. The van der Waals surface area contributed by atoms with Crippen LogP contribution in [0.2, 0.25) is 0 Å². The number of aryl methyl sites for hydroxylation is 2. The van der Waals surface area contributed by atoms with Crippen molar-refractivity contribution in [1.29, 1.82) is 0 Å². The van der Waals surface area contributed by atoms with Gasteiger partial charge in [0, 0.05) is 23.2 Å². The first-order valence-corrected chi connectivity index (χ1v) is 9.02. The molecule has 1 aliphatic rings. The molecule has 0 unspecified atom stereocenters. The van der Waals surface area contributed by atoms with E-state index in [2.05, 4.69) is 65.7 Å². The van der Waals surface area contributed by atoms with Gasteiger partial charge in [0.25, 0.3) is 0 Å². The Bertz CT molecular complexity index is 805. The van der Waals surface area contributed by atoms with Crippen LogP contribution in [0.3, 0.4) is 0 Å². The fraction of sp³-hybridized carbons (Fsp3) is 0.250. The minimum atomic E-state index is 0.902. The monoisotopic (exact) mass is 320 g/mol. The maximum absolute atomic E-state index is 4.85. The lowest BCUT2D eigenvalue weighted by molar-refractivity contribution is 0.686. The van der Waals surface area contributed by atoms with Gasteiger partial charge in [-0.1, -0.05) is 48.0 Å². The van der Waals surface area contributed by atoms with Crippen LogP contribution in [0, 0.1) is 6.92 Å². The molecule has 0 atom stereocenters. The van der Waals surface area contributed by atoms with Gasteiger partial charge >= 0.3 is 0 Å². The van der Waals surface area contributed by atoms with Gasteiger partial charge in [-0.2, -0.15) is 0 Å². The molecule has 0 bridgehead atoms. The third kappa shape index (κ3) is 3.02. The average molecular weight is 320 g/mol. The molecule has 0 saturated heterocycles. The molecule has 3 heteroatoms. The summed E-state index contributed by atoms with van der Waals surface area (Å²) < 4.78 is 0. The molecule has 0 spiro atoms. The molecule has 0 radical (unpaired) electrons. The van der Waals surface area contributed by atoms with Gasteiger partial charge in [-0.15, -0.1) is 11.3 Å². The number of rotatable bonds is 3. The lowest BCUT2D eigenvalue weighted by atomic mass is 10.0. The summed E-state index contributed by atoms with van der Waals surface area (Å²) in [5, 5.41) is 3.32. The molecule has 0 N–H and O–H groups in total. The number of thiazole rings is 1. The molecule has 2 aromatic carbocycles. The summed E-state index contributed by atoms with van der Waals surface area (Å²) in [6, 6.07) is 17.4. The standard InChI is InChI=1S/C20H20N2S/c1-15-8-10-17(11-9-15)20-21-18(14-23-20)13-22-12-4-6-16-5-2-3-7-19(16)22/h2-3,5,7-11,14H,4,6,12-13H2,1H3. The average Bonchev–Trinajstić information content (AvgIpc) is 3.04. The Morgan fingerprint density at radius 1 is 1.09 bits per heavy atom. The van der Waals surface area contributed by atoms with E-state index >= 15 is 0 Å². The summed E-state index contributed by atoms with van der Waals surface area (Å²) in [5.41, 5.74) is 6.51. The lowest BCUT2D eigenvalue weighted by Gasteiger charge is -2.30. The molecule has 0 amide bonds. The maximum atomic E-state index is 4.85. The lowest BCUT2D eigenvalue weighted by Crippen LogP contribution is -2.28. The molecule has 2 nitrogen and oxygen atoms in total. The van der Waals surface area contributed by atoms with Crippen molar-refractivity contribution in [1.82, 2.24) is 4.98 Å². The highest BCUT2D eigenvalue weighted by molar-refractivity contribution is 7.13. The van der Waals surface area contributed by atoms with Crippen molar-refractivity contribution >= 4 is 17.0 Å². The summed E-state index contributed by atoms with van der Waals surface area (Å²) in [6.45, 7) is 4.14. The number of fused-ring (bicyclic) bond motifs is 1. The van der Waals surface area contributed by atoms with E-state index in [1.807, 2.05) is 0 Å². The SMILES string of the molecule is Cc1ccc(-c2nc(CN3CCCc4ccccc43)cs2)cc1. The molecule has 0 fully saturated rings. The van der Waals surface area contributed by atoms with Crippen molar-refractivity contribution in [3.05, 3.63) is 70.7 Å². The predicted molar refractivity (Wildman–Crippen MR) is 98.1 cm³/mol. The fourth-order valence-corrected chi connectivity index (χ4v) is 4.00. The number of benzene rings is 2. The van der Waals surface area contributed by atoms with Crippen molar-refractivity contribution in [3.63, 3.8) is 0 Å². The Morgan fingerprint density at radius 3 is 2.78 bits per heavy atom. The van der Waals surface area contributed by atoms with Gasteiger partial charge < -0.3 is 4.90 Å².